The maximum absolute atomic E-state index is 12.9. The van der Waals surface area contributed by atoms with Crippen LogP contribution in [0.15, 0.2) is 30.6 Å². The number of hydrogen-bond donors (Lipinski definition) is 1. The fourth-order valence-corrected chi connectivity index (χ4v) is 1.82. The molecule has 6 nitrogen and oxygen atoms in total. The summed E-state index contributed by atoms with van der Waals surface area (Å²) in [5.74, 6) is -0.299. The minimum atomic E-state index is -0.298. The van der Waals surface area contributed by atoms with E-state index in [1.165, 1.54) is 23.1 Å². The van der Waals surface area contributed by atoms with Crippen LogP contribution in [0.3, 0.4) is 0 Å². The van der Waals surface area contributed by atoms with E-state index in [1.807, 2.05) is 6.92 Å². The standard InChI is InChI=1S/C13H16FN5O/c1-9(10-3-5-11(14)6-4-10)18(2)12(20)7-19-8-16-13(15)17-19/h3-6,8-9H,7H2,1-2H3,(H2,15,17). The second-order valence-corrected chi connectivity index (χ2v) is 4.53. The molecule has 0 aliphatic carbocycles. The molecular weight excluding hydrogens is 261 g/mol. The van der Waals surface area contributed by atoms with Crippen LogP contribution >= 0.6 is 0 Å². The van der Waals surface area contributed by atoms with Crippen LogP contribution in [-0.2, 0) is 11.3 Å². The first-order valence-corrected chi connectivity index (χ1v) is 6.13. The Morgan fingerprint density at radius 3 is 2.65 bits per heavy atom. The van der Waals surface area contributed by atoms with Crippen molar-refractivity contribution >= 4 is 11.9 Å². The molecule has 1 heterocycles. The highest BCUT2D eigenvalue weighted by Gasteiger charge is 2.18. The zero-order valence-electron chi connectivity index (χ0n) is 11.3. The second kappa shape index (κ2) is 5.68. The van der Waals surface area contributed by atoms with Crippen molar-refractivity contribution in [2.24, 2.45) is 0 Å². The Labute approximate surface area is 116 Å². The summed E-state index contributed by atoms with van der Waals surface area (Å²) in [6.45, 7) is 1.94. The number of likely N-dealkylation sites (N-methyl/N-ethyl adjacent to an activating group) is 1. The van der Waals surface area contributed by atoms with Crippen LogP contribution in [0.25, 0.3) is 0 Å². The van der Waals surface area contributed by atoms with Crippen molar-refractivity contribution in [1.82, 2.24) is 19.7 Å². The predicted molar refractivity (Wildman–Crippen MR) is 72.0 cm³/mol. The lowest BCUT2D eigenvalue weighted by Crippen LogP contribution is -2.32. The molecule has 2 aromatic rings. The Balaban J connectivity index is 2.04. The highest BCUT2D eigenvalue weighted by Crippen LogP contribution is 2.19. The Morgan fingerprint density at radius 2 is 2.10 bits per heavy atom. The number of benzene rings is 1. The Kier molecular flexibility index (Phi) is 3.97. The molecule has 0 aliphatic rings. The summed E-state index contributed by atoms with van der Waals surface area (Å²) in [7, 11) is 1.69. The summed E-state index contributed by atoms with van der Waals surface area (Å²) in [5, 5.41) is 3.86. The first-order valence-electron chi connectivity index (χ1n) is 6.13. The summed E-state index contributed by atoms with van der Waals surface area (Å²) in [6, 6.07) is 5.92. The number of nitrogens with two attached hydrogens (primary N) is 1. The highest BCUT2D eigenvalue weighted by atomic mass is 19.1. The van der Waals surface area contributed by atoms with Gasteiger partial charge in [-0.25, -0.2) is 14.1 Å². The molecule has 0 saturated carbocycles. The molecule has 2 N–H and O–H groups in total. The van der Waals surface area contributed by atoms with Gasteiger partial charge in [0.05, 0.1) is 6.04 Å². The van der Waals surface area contributed by atoms with Gasteiger partial charge in [-0.2, -0.15) is 0 Å². The number of hydrogen-bond acceptors (Lipinski definition) is 4. The molecule has 7 heteroatoms. The maximum Gasteiger partial charge on any atom is 0.244 e. The van der Waals surface area contributed by atoms with Gasteiger partial charge in [-0.1, -0.05) is 12.1 Å². The number of nitrogen functional groups attached to an aromatic ring is 1. The predicted octanol–water partition coefficient (Wildman–Crippen LogP) is 1.22. The summed E-state index contributed by atoms with van der Waals surface area (Å²) in [4.78, 5) is 17.5. The van der Waals surface area contributed by atoms with Gasteiger partial charge in [-0.3, -0.25) is 4.79 Å². The molecule has 0 aliphatic heterocycles. The monoisotopic (exact) mass is 277 g/mol. The van der Waals surface area contributed by atoms with Gasteiger partial charge in [0.25, 0.3) is 0 Å². The topological polar surface area (TPSA) is 77.0 Å². The number of rotatable bonds is 4. The highest BCUT2D eigenvalue weighted by molar-refractivity contribution is 5.76. The van der Waals surface area contributed by atoms with Gasteiger partial charge in [-0.05, 0) is 24.6 Å². The van der Waals surface area contributed by atoms with E-state index < -0.39 is 0 Å². The van der Waals surface area contributed by atoms with E-state index in [0.717, 1.165) is 5.56 Å². The van der Waals surface area contributed by atoms with Crippen LogP contribution in [0.4, 0.5) is 10.3 Å². The SMILES string of the molecule is CC(c1ccc(F)cc1)N(C)C(=O)Cn1cnc(N)n1. The number of anilines is 1. The van der Waals surface area contributed by atoms with E-state index in [-0.39, 0.29) is 30.3 Å². The lowest BCUT2D eigenvalue weighted by Gasteiger charge is -2.25. The van der Waals surface area contributed by atoms with Crippen molar-refractivity contribution < 1.29 is 9.18 Å². The molecule has 0 saturated heterocycles. The van der Waals surface area contributed by atoms with E-state index in [9.17, 15) is 9.18 Å². The number of carbonyl (C=O) groups excluding carboxylic acids is 1. The van der Waals surface area contributed by atoms with Crippen LogP contribution in [0.5, 0.6) is 0 Å². The fourth-order valence-electron chi connectivity index (χ4n) is 1.82. The molecule has 2 rings (SSSR count). The lowest BCUT2D eigenvalue weighted by molar-refractivity contribution is -0.132. The minimum Gasteiger partial charge on any atom is -0.367 e. The van der Waals surface area contributed by atoms with Gasteiger partial charge < -0.3 is 10.6 Å². The van der Waals surface area contributed by atoms with Gasteiger partial charge in [0.15, 0.2) is 0 Å². The van der Waals surface area contributed by atoms with Gasteiger partial charge >= 0.3 is 0 Å². The van der Waals surface area contributed by atoms with Crippen molar-refractivity contribution in [3.8, 4) is 0 Å². The van der Waals surface area contributed by atoms with Crippen LogP contribution in [0.1, 0.15) is 18.5 Å². The Hall–Kier alpha value is -2.44. The molecule has 0 radical (unpaired) electrons. The molecule has 20 heavy (non-hydrogen) atoms. The summed E-state index contributed by atoms with van der Waals surface area (Å²) >= 11 is 0. The number of amides is 1. The smallest absolute Gasteiger partial charge is 0.244 e. The zero-order chi connectivity index (χ0) is 14.7. The number of aromatic nitrogens is 3. The number of carbonyl (C=O) groups is 1. The average Bonchev–Trinajstić information content (AvgIpc) is 2.83. The summed E-state index contributed by atoms with van der Waals surface area (Å²) in [5.41, 5.74) is 6.25. The van der Waals surface area contributed by atoms with E-state index in [2.05, 4.69) is 10.1 Å². The van der Waals surface area contributed by atoms with E-state index in [0.29, 0.717) is 0 Å². The van der Waals surface area contributed by atoms with Gasteiger partial charge in [0.2, 0.25) is 11.9 Å². The normalized spacial score (nSPS) is 12.2. The molecule has 1 aromatic carbocycles. The molecule has 1 aromatic heterocycles. The van der Waals surface area contributed by atoms with Crippen LogP contribution in [0, 0.1) is 5.82 Å². The third kappa shape index (κ3) is 3.11. The third-order valence-electron chi connectivity index (χ3n) is 3.18. The quantitative estimate of drug-likeness (QED) is 0.911. The lowest BCUT2D eigenvalue weighted by atomic mass is 10.1. The molecule has 0 bridgehead atoms. The molecule has 1 atom stereocenters. The molecule has 0 spiro atoms. The molecular formula is C13H16FN5O. The van der Waals surface area contributed by atoms with E-state index in [1.54, 1.807) is 24.1 Å². The van der Waals surface area contributed by atoms with Crippen molar-refractivity contribution in [1.29, 1.82) is 0 Å². The Bertz CT molecular complexity index is 595. The number of halogens is 1. The van der Waals surface area contributed by atoms with Crippen molar-refractivity contribution in [2.45, 2.75) is 19.5 Å². The molecule has 1 unspecified atom stereocenters. The van der Waals surface area contributed by atoms with Gasteiger partial charge in [0, 0.05) is 7.05 Å². The first kappa shape index (κ1) is 14.0. The summed E-state index contributed by atoms with van der Waals surface area (Å²) in [6.07, 6.45) is 1.41. The van der Waals surface area contributed by atoms with E-state index in [4.69, 9.17) is 5.73 Å². The molecule has 1 amide bonds. The minimum absolute atomic E-state index is 0.0617. The number of nitrogens with zero attached hydrogens (tertiary/aromatic N) is 4. The molecule has 0 fully saturated rings. The Morgan fingerprint density at radius 1 is 1.45 bits per heavy atom. The first-order chi connectivity index (χ1) is 9.47. The van der Waals surface area contributed by atoms with E-state index >= 15 is 0 Å². The van der Waals surface area contributed by atoms with Crippen molar-refractivity contribution in [3.05, 3.63) is 42.0 Å². The van der Waals surface area contributed by atoms with Crippen LogP contribution in [0.2, 0.25) is 0 Å². The average molecular weight is 277 g/mol. The van der Waals surface area contributed by atoms with Crippen molar-refractivity contribution in [2.75, 3.05) is 12.8 Å². The summed E-state index contributed by atoms with van der Waals surface area (Å²) < 4.78 is 14.3. The van der Waals surface area contributed by atoms with Gasteiger partial charge in [0.1, 0.15) is 18.7 Å². The zero-order valence-corrected chi connectivity index (χ0v) is 11.3. The largest absolute Gasteiger partial charge is 0.367 e. The van der Waals surface area contributed by atoms with Crippen LogP contribution < -0.4 is 5.73 Å². The fraction of sp³-hybridized carbons (Fsp3) is 0.308. The third-order valence-corrected chi connectivity index (χ3v) is 3.18. The second-order valence-electron chi connectivity index (χ2n) is 4.53. The molecule has 106 valence electrons. The van der Waals surface area contributed by atoms with Gasteiger partial charge in [-0.15, -0.1) is 5.10 Å². The van der Waals surface area contributed by atoms with Crippen molar-refractivity contribution in [3.63, 3.8) is 0 Å². The maximum atomic E-state index is 12.9. The van der Waals surface area contributed by atoms with Crippen LogP contribution in [-0.4, -0.2) is 32.6 Å².